The monoisotopic (exact) mass is 390 g/mol. The molecule has 1 N–H and O–H groups in total. The van der Waals surface area contributed by atoms with E-state index in [1.54, 1.807) is 17.1 Å². The van der Waals surface area contributed by atoms with Gasteiger partial charge in [-0.3, -0.25) is 9.69 Å². The third-order valence-electron chi connectivity index (χ3n) is 5.28. The van der Waals surface area contributed by atoms with Crippen molar-refractivity contribution in [3.05, 3.63) is 66.6 Å². The fourth-order valence-corrected chi connectivity index (χ4v) is 3.52. The topological polar surface area (TPSA) is 66.3 Å². The molecule has 0 unspecified atom stereocenters. The molecule has 3 heterocycles. The van der Waals surface area contributed by atoms with Gasteiger partial charge in [-0.15, -0.1) is 0 Å². The molecule has 0 radical (unpaired) electrons. The predicted molar refractivity (Wildman–Crippen MR) is 115 cm³/mol. The van der Waals surface area contributed by atoms with Crippen LogP contribution in [0.5, 0.6) is 0 Å². The Morgan fingerprint density at radius 1 is 1.03 bits per heavy atom. The molecule has 2 aromatic heterocycles. The van der Waals surface area contributed by atoms with Crippen molar-refractivity contribution < 1.29 is 4.79 Å². The fourth-order valence-electron chi connectivity index (χ4n) is 3.52. The molecule has 0 atom stereocenters. The highest BCUT2D eigenvalue weighted by atomic mass is 16.1. The van der Waals surface area contributed by atoms with Gasteiger partial charge in [0.05, 0.1) is 11.9 Å². The summed E-state index contributed by atoms with van der Waals surface area (Å²) in [4.78, 5) is 21.8. The van der Waals surface area contributed by atoms with Gasteiger partial charge in [0.15, 0.2) is 5.82 Å². The molecule has 0 bridgehead atoms. The number of piperazine rings is 1. The highest BCUT2D eigenvalue weighted by Crippen LogP contribution is 2.19. The third kappa shape index (κ3) is 4.46. The van der Waals surface area contributed by atoms with Crippen molar-refractivity contribution in [1.82, 2.24) is 19.7 Å². The summed E-state index contributed by atoms with van der Waals surface area (Å²) in [7, 11) is 0. The van der Waals surface area contributed by atoms with E-state index in [2.05, 4.69) is 39.0 Å². The minimum Gasteiger partial charge on any atom is -0.369 e. The third-order valence-corrected chi connectivity index (χ3v) is 5.28. The SMILES string of the molecule is CC(C)N1CCN(c2ccc(C(=O)Nc3ccc(-n4cccn4)nc3)cc2)CC1. The molecule has 0 spiro atoms. The molecule has 0 aliphatic carbocycles. The quantitative estimate of drug-likeness (QED) is 0.725. The second kappa shape index (κ2) is 8.45. The summed E-state index contributed by atoms with van der Waals surface area (Å²) in [5.74, 6) is 0.560. The highest BCUT2D eigenvalue weighted by Gasteiger charge is 2.19. The predicted octanol–water partition coefficient (Wildman–Crippen LogP) is 3.05. The Morgan fingerprint density at radius 2 is 1.79 bits per heavy atom. The molecule has 1 saturated heterocycles. The Kier molecular flexibility index (Phi) is 5.57. The van der Waals surface area contributed by atoms with Gasteiger partial charge in [-0.2, -0.15) is 5.10 Å². The maximum absolute atomic E-state index is 12.6. The van der Waals surface area contributed by atoms with Crippen LogP contribution in [0, 0.1) is 0 Å². The lowest BCUT2D eigenvalue weighted by Crippen LogP contribution is -2.48. The Bertz CT molecular complexity index is 926. The molecule has 29 heavy (non-hydrogen) atoms. The van der Waals surface area contributed by atoms with Gasteiger partial charge in [0.1, 0.15) is 0 Å². The Hall–Kier alpha value is -3.19. The second-order valence-electron chi connectivity index (χ2n) is 7.47. The van der Waals surface area contributed by atoms with Crippen LogP contribution in [0.2, 0.25) is 0 Å². The minimum atomic E-state index is -0.144. The van der Waals surface area contributed by atoms with Gasteiger partial charge in [0.2, 0.25) is 0 Å². The van der Waals surface area contributed by atoms with Crippen LogP contribution in [0.1, 0.15) is 24.2 Å². The van der Waals surface area contributed by atoms with Crippen molar-refractivity contribution in [1.29, 1.82) is 0 Å². The van der Waals surface area contributed by atoms with Crippen LogP contribution in [0.15, 0.2) is 61.1 Å². The average molecular weight is 390 g/mol. The van der Waals surface area contributed by atoms with Crippen LogP contribution in [-0.4, -0.2) is 57.8 Å². The van der Waals surface area contributed by atoms with Crippen molar-refractivity contribution in [3.8, 4) is 5.82 Å². The molecule has 4 rings (SSSR count). The number of hydrogen-bond acceptors (Lipinski definition) is 5. The first-order chi connectivity index (χ1) is 14.1. The van der Waals surface area contributed by atoms with Crippen LogP contribution in [-0.2, 0) is 0 Å². The van der Waals surface area contributed by atoms with Crippen molar-refractivity contribution in [2.45, 2.75) is 19.9 Å². The summed E-state index contributed by atoms with van der Waals surface area (Å²) in [6.07, 6.45) is 5.16. The molecule has 0 saturated carbocycles. The van der Waals surface area contributed by atoms with Gasteiger partial charge in [-0.25, -0.2) is 9.67 Å². The molecule has 1 amide bonds. The standard InChI is InChI=1S/C22H26N6O/c1-17(2)26-12-14-27(15-13-26)20-7-4-18(5-8-20)22(29)25-19-6-9-21(23-16-19)28-11-3-10-24-28/h3-11,16-17H,12-15H2,1-2H3,(H,25,29). The van der Waals surface area contributed by atoms with Gasteiger partial charge in [0, 0.05) is 55.9 Å². The fraction of sp³-hybridized carbons (Fsp3) is 0.318. The number of anilines is 2. The Morgan fingerprint density at radius 3 is 2.38 bits per heavy atom. The smallest absolute Gasteiger partial charge is 0.255 e. The maximum atomic E-state index is 12.6. The number of carbonyl (C=O) groups excluding carboxylic acids is 1. The van der Waals surface area contributed by atoms with Gasteiger partial charge in [-0.05, 0) is 56.3 Å². The van der Waals surface area contributed by atoms with Gasteiger partial charge in [0.25, 0.3) is 5.91 Å². The van der Waals surface area contributed by atoms with E-state index in [1.807, 2.05) is 48.7 Å². The molecule has 1 aliphatic heterocycles. The number of aromatic nitrogens is 3. The molecular weight excluding hydrogens is 364 g/mol. The number of benzene rings is 1. The summed E-state index contributed by atoms with van der Waals surface area (Å²) in [6.45, 7) is 8.64. The first-order valence-corrected chi connectivity index (χ1v) is 9.96. The molecule has 1 aliphatic rings. The van der Waals surface area contributed by atoms with Crippen molar-refractivity contribution in [3.63, 3.8) is 0 Å². The van der Waals surface area contributed by atoms with E-state index >= 15 is 0 Å². The van der Waals surface area contributed by atoms with E-state index in [0.717, 1.165) is 31.9 Å². The zero-order chi connectivity index (χ0) is 20.2. The van der Waals surface area contributed by atoms with E-state index in [4.69, 9.17) is 0 Å². The minimum absolute atomic E-state index is 0.144. The summed E-state index contributed by atoms with van der Waals surface area (Å²) >= 11 is 0. The first-order valence-electron chi connectivity index (χ1n) is 9.96. The lowest BCUT2D eigenvalue weighted by Gasteiger charge is -2.38. The van der Waals surface area contributed by atoms with E-state index in [-0.39, 0.29) is 5.91 Å². The Labute approximate surface area is 171 Å². The molecule has 1 fully saturated rings. The zero-order valence-electron chi connectivity index (χ0n) is 16.8. The molecular formula is C22H26N6O. The molecule has 1 aromatic carbocycles. The summed E-state index contributed by atoms with van der Waals surface area (Å²) in [6, 6.07) is 13.9. The van der Waals surface area contributed by atoms with Crippen LogP contribution in [0.3, 0.4) is 0 Å². The summed E-state index contributed by atoms with van der Waals surface area (Å²) in [5, 5.41) is 7.04. The van der Waals surface area contributed by atoms with Crippen molar-refractivity contribution in [2.75, 3.05) is 36.4 Å². The molecule has 7 heteroatoms. The highest BCUT2D eigenvalue weighted by molar-refractivity contribution is 6.04. The average Bonchev–Trinajstić information content (AvgIpc) is 3.29. The Balaban J connectivity index is 1.36. The lowest BCUT2D eigenvalue weighted by molar-refractivity contribution is 0.102. The number of nitrogens with zero attached hydrogens (tertiary/aromatic N) is 5. The molecule has 7 nitrogen and oxygen atoms in total. The number of carbonyl (C=O) groups is 1. The second-order valence-corrected chi connectivity index (χ2v) is 7.47. The number of hydrogen-bond donors (Lipinski definition) is 1. The normalized spacial score (nSPS) is 14.9. The van der Waals surface area contributed by atoms with Gasteiger partial charge in [-0.1, -0.05) is 0 Å². The van der Waals surface area contributed by atoms with E-state index in [1.165, 1.54) is 0 Å². The van der Waals surface area contributed by atoms with E-state index < -0.39 is 0 Å². The maximum Gasteiger partial charge on any atom is 0.255 e. The largest absolute Gasteiger partial charge is 0.369 e. The zero-order valence-corrected chi connectivity index (χ0v) is 16.8. The number of pyridine rings is 1. The van der Waals surface area contributed by atoms with Crippen LogP contribution >= 0.6 is 0 Å². The van der Waals surface area contributed by atoms with Gasteiger partial charge < -0.3 is 10.2 Å². The summed E-state index contributed by atoms with van der Waals surface area (Å²) < 4.78 is 1.67. The number of rotatable bonds is 5. The lowest BCUT2D eigenvalue weighted by atomic mass is 10.1. The summed E-state index contributed by atoms with van der Waals surface area (Å²) in [5.41, 5.74) is 2.45. The van der Waals surface area contributed by atoms with E-state index in [0.29, 0.717) is 23.1 Å². The first kappa shape index (κ1) is 19.1. The van der Waals surface area contributed by atoms with Crippen LogP contribution < -0.4 is 10.2 Å². The van der Waals surface area contributed by atoms with Crippen LogP contribution in [0.4, 0.5) is 11.4 Å². The van der Waals surface area contributed by atoms with Crippen molar-refractivity contribution >= 4 is 17.3 Å². The molecule has 150 valence electrons. The van der Waals surface area contributed by atoms with Crippen LogP contribution in [0.25, 0.3) is 5.82 Å². The number of amides is 1. The van der Waals surface area contributed by atoms with Crippen molar-refractivity contribution in [2.24, 2.45) is 0 Å². The number of nitrogens with one attached hydrogen (secondary N) is 1. The molecule has 3 aromatic rings. The van der Waals surface area contributed by atoms with Gasteiger partial charge >= 0.3 is 0 Å². The van der Waals surface area contributed by atoms with E-state index in [9.17, 15) is 4.79 Å².